The van der Waals surface area contributed by atoms with Gasteiger partial charge < -0.3 is 25.1 Å². The SMILES string of the molecule is C/C1=C\CC(/C(C)=C/c2coc(CN)n2)OC(=O)CC(O)C(C)(C)C(=O)C(C)C(O)C(C)CCC1. The van der Waals surface area contributed by atoms with Crippen LogP contribution in [0.15, 0.2) is 27.9 Å². The molecule has 0 aliphatic carbocycles. The summed E-state index contributed by atoms with van der Waals surface area (Å²) in [7, 11) is 0. The number of aliphatic hydroxyl groups excluding tert-OH is 2. The van der Waals surface area contributed by atoms with Crippen molar-refractivity contribution in [3.05, 3.63) is 35.1 Å². The zero-order chi connectivity index (χ0) is 26.3. The highest BCUT2D eigenvalue weighted by Gasteiger charge is 2.42. The number of nitrogens with two attached hydrogens (primary N) is 1. The molecule has 0 amide bonds. The van der Waals surface area contributed by atoms with Gasteiger partial charge in [0.1, 0.15) is 23.8 Å². The summed E-state index contributed by atoms with van der Waals surface area (Å²) < 4.78 is 11.1. The first kappa shape index (κ1) is 28.9. The first-order valence-corrected chi connectivity index (χ1v) is 12.4. The van der Waals surface area contributed by atoms with Crippen LogP contribution in [0.3, 0.4) is 0 Å². The van der Waals surface area contributed by atoms with Crippen LogP contribution in [-0.4, -0.2) is 45.3 Å². The largest absolute Gasteiger partial charge is 0.457 e. The third-order valence-corrected chi connectivity index (χ3v) is 7.15. The zero-order valence-corrected chi connectivity index (χ0v) is 21.9. The fourth-order valence-electron chi connectivity index (χ4n) is 4.44. The quantitative estimate of drug-likeness (QED) is 0.428. The Labute approximate surface area is 208 Å². The van der Waals surface area contributed by atoms with Gasteiger partial charge in [-0.15, -0.1) is 0 Å². The van der Waals surface area contributed by atoms with Gasteiger partial charge in [0.2, 0.25) is 5.89 Å². The molecule has 4 N–H and O–H groups in total. The monoisotopic (exact) mass is 490 g/mol. The summed E-state index contributed by atoms with van der Waals surface area (Å²) in [6, 6.07) is 0. The molecule has 0 aromatic carbocycles. The molecular formula is C27H42N2O6. The minimum atomic E-state index is -1.25. The van der Waals surface area contributed by atoms with Gasteiger partial charge in [-0.25, -0.2) is 4.98 Å². The predicted octanol–water partition coefficient (Wildman–Crippen LogP) is 3.95. The normalized spacial score (nSPS) is 31.5. The number of carbonyl (C=O) groups excluding carboxylic acids is 2. The average Bonchev–Trinajstić information content (AvgIpc) is 3.26. The van der Waals surface area contributed by atoms with Crippen LogP contribution in [0.1, 0.15) is 85.2 Å². The first-order chi connectivity index (χ1) is 16.4. The number of rotatable bonds is 3. The molecule has 2 heterocycles. The number of cyclic esters (lactones) is 1. The maximum Gasteiger partial charge on any atom is 0.309 e. The molecule has 1 aromatic rings. The number of esters is 1. The number of oxazole rings is 1. The van der Waals surface area contributed by atoms with E-state index in [2.05, 4.69) is 11.1 Å². The Bertz CT molecular complexity index is 932. The molecule has 0 saturated heterocycles. The van der Waals surface area contributed by atoms with Gasteiger partial charge >= 0.3 is 5.97 Å². The van der Waals surface area contributed by atoms with Gasteiger partial charge in [-0.1, -0.05) is 39.3 Å². The van der Waals surface area contributed by atoms with Gasteiger partial charge in [-0.2, -0.15) is 0 Å². The number of aromatic nitrogens is 1. The van der Waals surface area contributed by atoms with Crippen molar-refractivity contribution in [3.8, 4) is 0 Å². The van der Waals surface area contributed by atoms with Crippen LogP contribution in [-0.2, 0) is 20.9 Å². The van der Waals surface area contributed by atoms with Crippen LogP contribution in [0.25, 0.3) is 6.08 Å². The number of carbonyl (C=O) groups is 2. The predicted molar refractivity (Wildman–Crippen MR) is 134 cm³/mol. The van der Waals surface area contributed by atoms with Crippen molar-refractivity contribution in [2.24, 2.45) is 23.0 Å². The summed E-state index contributed by atoms with van der Waals surface area (Å²) in [4.78, 5) is 30.3. The van der Waals surface area contributed by atoms with E-state index >= 15 is 0 Å². The van der Waals surface area contributed by atoms with E-state index in [9.17, 15) is 19.8 Å². The molecule has 196 valence electrons. The lowest BCUT2D eigenvalue weighted by atomic mass is 9.73. The van der Waals surface area contributed by atoms with Crippen molar-refractivity contribution in [1.82, 2.24) is 4.98 Å². The molecule has 1 aliphatic rings. The van der Waals surface area contributed by atoms with Crippen molar-refractivity contribution in [2.75, 3.05) is 0 Å². The minimum Gasteiger partial charge on any atom is -0.457 e. The molecule has 5 unspecified atom stereocenters. The second kappa shape index (κ2) is 12.6. The lowest BCUT2D eigenvalue weighted by Crippen LogP contribution is -2.45. The molecule has 0 radical (unpaired) electrons. The van der Waals surface area contributed by atoms with E-state index in [0.29, 0.717) is 18.0 Å². The smallest absolute Gasteiger partial charge is 0.309 e. The topological polar surface area (TPSA) is 136 Å². The van der Waals surface area contributed by atoms with Crippen LogP contribution >= 0.6 is 0 Å². The highest BCUT2D eigenvalue weighted by Crippen LogP contribution is 2.32. The van der Waals surface area contributed by atoms with E-state index in [0.717, 1.165) is 30.4 Å². The van der Waals surface area contributed by atoms with E-state index in [-0.39, 0.29) is 24.7 Å². The van der Waals surface area contributed by atoms with E-state index in [1.54, 1.807) is 26.8 Å². The number of hydrogen-bond donors (Lipinski definition) is 3. The van der Waals surface area contributed by atoms with Crippen molar-refractivity contribution in [1.29, 1.82) is 0 Å². The number of ketones is 1. The lowest BCUT2D eigenvalue weighted by molar-refractivity contribution is -0.154. The molecule has 0 fully saturated rings. The van der Waals surface area contributed by atoms with Crippen LogP contribution in [0.5, 0.6) is 0 Å². The van der Waals surface area contributed by atoms with Gasteiger partial charge in [0.05, 0.1) is 30.6 Å². The second-order valence-electron chi connectivity index (χ2n) is 10.5. The van der Waals surface area contributed by atoms with Crippen LogP contribution < -0.4 is 5.73 Å². The molecule has 2 rings (SSSR count). The van der Waals surface area contributed by atoms with E-state index in [1.807, 2.05) is 20.8 Å². The van der Waals surface area contributed by atoms with Crippen molar-refractivity contribution < 1.29 is 29.0 Å². The Morgan fingerprint density at radius 3 is 2.60 bits per heavy atom. The number of aliphatic hydroxyl groups is 2. The number of ether oxygens (including phenoxy) is 1. The van der Waals surface area contributed by atoms with Crippen molar-refractivity contribution >= 4 is 17.8 Å². The summed E-state index contributed by atoms with van der Waals surface area (Å²) in [5.41, 5.74) is 6.87. The van der Waals surface area contributed by atoms with Gasteiger partial charge in [-0.05, 0) is 50.7 Å². The Morgan fingerprint density at radius 2 is 1.97 bits per heavy atom. The fourth-order valence-corrected chi connectivity index (χ4v) is 4.44. The fraction of sp³-hybridized carbons (Fsp3) is 0.667. The second-order valence-corrected chi connectivity index (χ2v) is 10.5. The highest BCUT2D eigenvalue weighted by atomic mass is 16.5. The first-order valence-electron chi connectivity index (χ1n) is 12.4. The summed E-state index contributed by atoms with van der Waals surface area (Å²) in [5.74, 6) is -1.17. The number of allylic oxidation sites excluding steroid dienone is 1. The van der Waals surface area contributed by atoms with Crippen LogP contribution in [0, 0.1) is 17.3 Å². The standard InChI is InChI=1S/C27H42N2O6/c1-16-8-7-9-17(2)25(32)19(4)26(33)27(5,6)22(30)13-24(31)35-21(11-10-16)18(3)12-20-15-34-23(14-28)29-20/h10,12,15,17,19,21-22,25,30,32H,7-9,11,13-14,28H2,1-6H3/b16-10+,18-12+. The summed E-state index contributed by atoms with van der Waals surface area (Å²) >= 11 is 0. The molecule has 35 heavy (non-hydrogen) atoms. The summed E-state index contributed by atoms with van der Waals surface area (Å²) in [5, 5.41) is 21.6. The summed E-state index contributed by atoms with van der Waals surface area (Å²) in [6.07, 6.45) is 5.35. The van der Waals surface area contributed by atoms with Gasteiger partial charge in [-0.3, -0.25) is 9.59 Å². The molecular weight excluding hydrogens is 448 g/mol. The maximum atomic E-state index is 13.2. The molecule has 1 aliphatic heterocycles. The van der Waals surface area contributed by atoms with Gasteiger partial charge in [0.15, 0.2) is 0 Å². The van der Waals surface area contributed by atoms with E-state index < -0.39 is 35.6 Å². The lowest BCUT2D eigenvalue weighted by Gasteiger charge is -2.34. The summed E-state index contributed by atoms with van der Waals surface area (Å²) in [6.45, 7) is 10.9. The molecule has 0 bridgehead atoms. The highest BCUT2D eigenvalue weighted by molar-refractivity contribution is 5.88. The van der Waals surface area contributed by atoms with E-state index in [4.69, 9.17) is 14.9 Å². The van der Waals surface area contributed by atoms with Crippen molar-refractivity contribution in [2.45, 2.75) is 98.5 Å². The van der Waals surface area contributed by atoms with Crippen molar-refractivity contribution in [3.63, 3.8) is 0 Å². The Balaban J connectivity index is 2.33. The Hall–Kier alpha value is -2.29. The average molecular weight is 491 g/mol. The number of nitrogens with zero attached hydrogens (tertiary/aromatic N) is 1. The van der Waals surface area contributed by atoms with Crippen LogP contribution in [0.2, 0.25) is 0 Å². The van der Waals surface area contributed by atoms with Gasteiger partial charge in [0.25, 0.3) is 0 Å². The third kappa shape index (κ3) is 7.85. The molecule has 0 spiro atoms. The number of Topliss-reactive ketones (excluding diaryl/α,β-unsaturated/α-hetero) is 1. The molecule has 8 nitrogen and oxygen atoms in total. The van der Waals surface area contributed by atoms with Gasteiger partial charge in [0, 0.05) is 12.3 Å². The zero-order valence-electron chi connectivity index (χ0n) is 21.9. The molecule has 5 atom stereocenters. The maximum absolute atomic E-state index is 13.2. The molecule has 8 heteroatoms. The third-order valence-electron chi connectivity index (χ3n) is 7.15. The molecule has 1 aromatic heterocycles. The van der Waals surface area contributed by atoms with E-state index in [1.165, 1.54) is 6.26 Å². The Kier molecular flexibility index (Phi) is 10.4. The Morgan fingerprint density at radius 1 is 1.29 bits per heavy atom. The van der Waals surface area contributed by atoms with Crippen LogP contribution in [0.4, 0.5) is 0 Å². The molecule has 0 saturated carbocycles. The number of hydrogen-bond acceptors (Lipinski definition) is 8. The minimum absolute atomic E-state index is 0.0636.